The predicted octanol–water partition coefficient (Wildman–Crippen LogP) is 2.67. The SMILES string of the molecule is CC1COCCN1S(=O)(=O)c1ccc(NC(=O)CCc2ccccc2)cc1. The first-order chi connectivity index (χ1) is 13.0. The van der Waals surface area contributed by atoms with Crippen molar-refractivity contribution in [1.82, 2.24) is 4.31 Å². The summed E-state index contributed by atoms with van der Waals surface area (Å²) in [4.78, 5) is 12.3. The van der Waals surface area contributed by atoms with Gasteiger partial charge in [0.1, 0.15) is 0 Å². The number of ether oxygens (including phenoxy) is 1. The van der Waals surface area contributed by atoms with Crippen molar-refractivity contribution in [2.45, 2.75) is 30.7 Å². The molecule has 0 radical (unpaired) electrons. The Kier molecular flexibility index (Phi) is 6.26. The van der Waals surface area contributed by atoms with Crippen molar-refractivity contribution in [2.75, 3.05) is 25.1 Å². The van der Waals surface area contributed by atoms with Crippen molar-refractivity contribution in [3.8, 4) is 0 Å². The molecule has 3 rings (SSSR count). The number of amides is 1. The van der Waals surface area contributed by atoms with Gasteiger partial charge in [-0.3, -0.25) is 4.79 Å². The van der Waals surface area contributed by atoms with Gasteiger partial charge in [-0.15, -0.1) is 0 Å². The fraction of sp³-hybridized carbons (Fsp3) is 0.350. The molecule has 0 saturated carbocycles. The van der Waals surface area contributed by atoms with Gasteiger partial charge in [-0.1, -0.05) is 30.3 Å². The standard InChI is InChI=1S/C20H24N2O4S/c1-16-15-26-14-13-22(16)27(24,25)19-10-8-18(9-11-19)21-20(23)12-7-17-5-3-2-4-6-17/h2-6,8-11,16H,7,12-15H2,1H3,(H,21,23). The number of hydrogen-bond donors (Lipinski definition) is 1. The second-order valence-corrected chi connectivity index (χ2v) is 8.49. The molecule has 1 amide bonds. The Hall–Kier alpha value is -2.22. The quantitative estimate of drug-likeness (QED) is 0.826. The normalized spacial score (nSPS) is 18.2. The first-order valence-electron chi connectivity index (χ1n) is 9.00. The molecule has 7 heteroatoms. The molecule has 1 saturated heterocycles. The topological polar surface area (TPSA) is 75.7 Å². The monoisotopic (exact) mass is 388 g/mol. The third kappa shape index (κ3) is 4.94. The average molecular weight is 388 g/mol. The highest BCUT2D eigenvalue weighted by Crippen LogP contribution is 2.22. The van der Waals surface area contributed by atoms with Crippen LogP contribution in [0.1, 0.15) is 18.9 Å². The summed E-state index contributed by atoms with van der Waals surface area (Å²) in [7, 11) is -3.56. The number of carbonyl (C=O) groups is 1. The molecular weight excluding hydrogens is 364 g/mol. The number of hydrogen-bond acceptors (Lipinski definition) is 4. The molecule has 1 heterocycles. The van der Waals surface area contributed by atoms with E-state index < -0.39 is 10.0 Å². The maximum atomic E-state index is 12.8. The van der Waals surface area contributed by atoms with Crippen molar-refractivity contribution < 1.29 is 17.9 Å². The Balaban J connectivity index is 1.60. The highest BCUT2D eigenvalue weighted by molar-refractivity contribution is 7.89. The smallest absolute Gasteiger partial charge is 0.243 e. The van der Waals surface area contributed by atoms with E-state index >= 15 is 0 Å². The Bertz CT molecular complexity index is 867. The van der Waals surface area contributed by atoms with Gasteiger partial charge in [-0.25, -0.2) is 8.42 Å². The number of rotatable bonds is 6. The number of anilines is 1. The third-order valence-electron chi connectivity index (χ3n) is 4.53. The Morgan fingerprint density at radius 3 is 2.52 bits per heavy atom. The summed E-state index contributed by atoms with van der Waals surface area (Å²) in [5, 5.41) is 2.81. The summed E-state index contributed by atoms with van der Waals surface area (Å²) in [6, 6.07) is 15.9. The van der Waals surface area contributed by atoms with E-state index in [-0.39, 0.29) is 16.8 Å². The van der Waals surface area contributed by atoms with E-state index in [9.17, 15) is 13.2 Å². The van der Waals surface area contributed by atoms with E-state index in [0.29, 0.717) is 38.3 Å². The van der Waals surface area contributed by atoms with Gasteiger partial charge in [-0.05, 0) is 43.2 Å². The Morgan fingerprint density at radius 2 is 1.85 bits per heavy atom. The molecule has 1 N–H and O–H groups in total. The van der Waals surface area contributed by atoms with Gasteiger partial charge in [0.25, 0.3) is 0 Å². The highest BCUT2D eigenvalue weighted by atomic mass is 32.2. The number of nitrogens with one attached hydrogen (secondary N) is 1. The molecule has 1 atom stereocenters. The molecule has 2 aromatic carbocycles. The number of carbonyl (C=O) groups excluding carboxylic acids is 1. The van der Waals surface area contributed by atoms with Gasteiger partial charge in [-0.2, -0.15) is 4.31 Å². The molecule has 0 spiro atoms. The van der Waals surface area contributed by atoms with Crippen molar-refractivity contribution in [2.24, 2.45) is 0 Å². The zero-order valence-electron chi connectivity index (χ0n) is 15.3. The minimum Gasteiger partial charge on any atom is -0.378 e. The number of morpholine rings is 1. The van der Waals surface area contributed by atoms with E-state index in [0.717, 1.165) is 5.56 Å². The summed E-state index contributed by atoms with van der Waals surface area (Å²) in [5.74, 6) is -0.101. The molecule has 1 aliphatic heterocycles. The second-order valence-electron chi connectivity index (χ2n) is 6.60. The predicted molar refractivity (Wildman–Crippen MR) is 104 cm³/mol. The molecule has 1 fully saturated rings. The molecule has 1 unspecified atom stereocenters. The average Bonchev–Trinajstić information content (AvgIpc) is 2.68. The molecule has 0 aliphatic carbocycles. The van der Waals surface area contributed by atoms with E-state index in [2.05, 4.69) is 5.32 Å². The molecule has 1 aliphatic rings. The summed E-state index contributed by atoms with van der Waals surface area (Å²) >= 11 is 0. The first-order valence-corrected chi connectivity index (χ1v) is 10.4. The van der Waals surface area contributed by atoms with Gasteiger partial charge in [0.05, 0.1) is 18.1 Å². The van der Waals surface area contributed by atoms with E-state index in [1.165, 1.54) is 16.4 Å². The van der Waals surface area contributed by atoms with Gasteiger partial charge in [0.2, 0.25) is 15.9 Å². The van der Waals surface area contributed by atoms with Gasteiger partial charge in [0.15, 0.2) is 0 Å². The van der Waals surface area contributed by atoms with E-state index in [4.69, 9.17) is 4.74 Å². The van der Waals surface area contributed by atoms with Gasteiger partial charge >= 0.3 is 0 Å². The number of aryl methyl sites for hydroxylation is 1. The van der Waals surface area contributed by atoms with Gasteiger partial charge < -0.3 is 10.1 Å². The summed E-state index contributed by atoms with van der Waals surface area (Å²) < 4.78 is 32.3. The van der Waals surface area contributed by atoms with Crippen LogP contribution in [0.2, 0.25) is 0 Å². The zero-order chi connectivity index (χ0) is 19.3. The fourth-order valence-electron chi connectivity index (χ4n) is 3.04. The van der Waals surface area contributed by atoms with Crippen LogP contribution >= 0.6 is 0 Å². The van der Waals surface area contributed by atoms with Crippen molar-refractivity contribution in [3.05, 3.63) is 60.2 Å². The Labute approximate surface area is 160 Å². The minimum absolute atomic E-state index is 0.101. The van der Waals surface area contributed by atoms with Crippen LogP contribution in [0.15, 0.2) is 59.5 Å². The van der Waals surface area contributed by atoms with Crippen LogP contribution in [0.5, 0.6) is 0 Å². The van der Waals surface area contributed by atoms with Crippen LogP contribution in [-0.4, -0.2) is 44.4 Å². The maximum Gasteiger partial charge on any atom is 0.243 e. The van der Waals surface area contributed by atoms with Crippen molar-refractivity contribution >= 4 is 21.6 Å². The third-order valence-corrected chi connectivity index (χ3v) is 6.56. The summed E-state index contributed by atoms with van der Waals surface area (Å²) in [6.45, 7) is 2.98. The molecule has 27 heavy (non-hydrogen) atoms. The number of nitrogens with zero attached hydrogens (tertiary/aromatic N) is 1. The summed E-state index contributed by atoms with van der Waals surface area (Å²) in [5.41, 5.74) is 1.69. The largest absolute Gasteiger partial charge is 0.378 e. The van der Waals surface area contributed by atoms with E-state index in [1.54, 1.807) is 12.1 Å². The van der Waals surface area contributed by atoms with Crippen molar-refractivity contribution in [1.29, 1.82) is 0 Å². The molecule has 2 aromatic rings. The molecule has 0 bridgehead atoms. The number of benzene rings is 2. The van der Waals surface area contributed by atoms with Crippen LogP contribution < -0.4 is 5.32 Å². The fourth-order valence-corrected chi connectivity index (χ4v) is 4.64. The molecular formula is C20H24N2O4S. The number of sulfonamides is 1. The second kappa shape index (κ2) is 8.65. The zero-order valence-corrected chi connectivity index (χ0v) is 16.1. The first kappa shape index (κ1) is 19.5. The maximum absolute atomic E-state index is 12.8. The van der Waals surface area contributed by atoms with Gasteiger partial charge in [0, 0.05) is 24.7 Å². The lowest BCUT2D eigenvalue weighted by Crippen LogP contribution is -2.46. The van der Waals surface area contributed by atoms with E-state index in [1.807, 2.05) is 37.3 Å². The van der Waals surface area contributed by atoms with Crippen LogP contribution in [0, 0.1) is 0 Å². The highest BCUT2D eigenvalue weighted by Gasteiger charge is 2.31. The Morgan fingerprint density at radius 1 is 1.15 bits per heavy atom. The molecule has 6 nitrogen and oxygen atoms in total. The van der Waals surface area contributed by atoms with Crippen LogP contribution in [0.25, 0.3) is 0 Å². The lowest BCUT2D eigenvalue weighted by atomic mass is 10.1. The molecule has 0 aromatic heterocycles. The summed E-state index contributed by atoms with van der Waals surface area (Å²) in [6.07, 6.45) is 1.03. The molecule has 144 valence electrons. The van der Waals surface area contributed by atoms with Crippen LogP contribution in [0.4, 0.5) is 5.69 Å². The minimum atomic E-state index is -3.56. The lowest BCUT2D eigenvalue weighted by molar-refractivity contribution is -0.116. The van der Waals surface area contributed by atoms with Crippen LogP contribution in [0.3, 0.4) is 0 Å². The van der Waals surface area contributed by atoms with Crippen molar-refractivity contribution in [3.63, 3.8) is 0 Å². The lowest BCUT2D eigenvalue weighted by Gasteiger charge is -2.32. The van der Waals surface area contributed by atoms with Crippen LogP contribution in [-0.2, 0) is 26.0 Å².